The zero-order chi connectivity index (χ0) is 18.0. The van der Waals surface area contributed by atoms with Gasteiger partial charge in [-0.15, -0.1) is 11.3 Å². The Balaban J connectivity index is 1.85. The van der Waals surface area contributed by atoms with E-state index in [1.807, 2.05) is 6.92 Å². The minimum absolute atomic E-state index is 0.109. The van der Waals surface area contributed by atoms with Crippen molar-refractivity contribution >= 4 is 27.5 Å². The fourth-order valence-corrected chi connectivity index (χ4v) is 3.70. The lowest BCUT2D eigenvalue weighted by atomic mass is 9.98. The summed E-state index contributed by atoms with van der Waals surface area (Å²) in [4.78, 5) is 33.3. The van der Waals surface area contributed by atoms with Crippen LogP contribution in [0.5, 0.6) is 0 Å². The highest BCUT2D eigenvalue weighted by Gasteiger charge is 2.17. The number of aromatic nitrogens is 2. The van der Waals surface area contributed by atoms with Gasteiger partial charge in [0.2, 0.25) is 5.76 Å². The number of carbonyl (C=O) groups excluding carboxylic acids is 1. The first-order valence-electron chi connectivity index (χ1n) is 8.21. The van der Waals surface area contributed by atoms with E-state index >= 15 is 0 Å². The molecule has 25 heavy (non-hydrogen) atoms. The summed E-state index contributed by atoms with van der Waals surface area (Å²) in [5.41, 5.74) is 0.888. The van der Waals surface area contributed by atoms with E-state index in [-0.39, 0.29) is 17.9 Å². The Morgan fingerprint density at radius 3 is 2.96 bits per heavy atom. The highest BCUT2D eigenvalue weighted by atomic mass is 32.1. The second-order valence-electron chi connectivity index (χ2n) is 6.10. The van der Waals surface area contributed by atoms with E-state index in [1.165, 1.54) is 23.7 Å². The van der Waals surface area contributed by atoms with Crippen molar-refractivity contribution in [2.45, 2.75) is 40.2 Å². The summed E-state index contributed by atoms with van der Waals surface area (Å²) < 4.78 is 10.1. The summed E-state index contributed by atoms with van der Waals surface area (Å²) in [6.07, 6.45) is 3.32. The van der Waals surface area contributed by atoms with Gasteiger partial charge in [-0.25, -0.2) is 9.78 Å². The van der Waals surface area contributed by atoms with Gasteiger partial charge in [-0.05, 0) is 37.0 Å². The molecule has 0 fully saturated rings. The van der Waals surface area contributed by atoms with Gasteiger partial charge in [-0.2, -0.15) is 0 Å². The van der Waals surface area contributed by atoms with Crippen molar-refractivity contribution in [2.24, 2.45) is 5.92 Å². The SMILES string of the molecule is CC[C@@H](C)Cc1c(C)sc2nc(COC(=O)c3ccco3)[nH]c(=O)c12. The predicted octanol–water partition coefficient (Wildman–Crippen LogP) is 3.83. The van der Waals surface area contributed by atoms with E-state index in [0.29, 0.717) is 22.0 Å². The molecule has 6 nitrogen and oxygen atoms in total. The van der Waals surface area contributed by atoms with E-state index in [1.54, 1.807) is 6.07 Å². The fourth-order valence-electron chi connectivity index (χ4n) is 2.63. The van der Waals surface area contributed by atoms with Gasteiger partial charge >= 0.3 is 5.97 Å². The second kappa shape index (κ2) is 7.23. The highest BCUT2D eigenvalue weighted by molar-refractivity contribution is 7.18. The topological polar surface area (TPSA) is 85.2 Å². The Hall–Kier alpha value is -2.41. The van der Waals surface area contributed by atoms with E-state index in [0.717, 1.165) is 23.3 Å². The van der Waals surface area contributed by atoms with Crippen LogP contribution in [0.15, 0.2) is 27.6 Å². The summed E-state index contributed by atoms with van der Waals surface area (Å²) >= 11 is 1.50. The lowest BCUT2D eigenvalue weighted by molar-refractivity contribution is 0.0426. The van der Waals surface area contributed by atoms with Gasteiger partial charge < -0.3 is 14.1 Å². The molecule has 0 unspecified atom stereocenters. The molecule has 0 aliphatic rings. The Bertz CT molecular complexity index is 940. The third-order valence-corrected chi connectivity index (χ3v) is 5.26. The number of nitrogens with zero attached hydrogens (tertiary/aromatic N) is 1. The highest BCUT2D eigenvalue weighted by Crippen LogP contribution is 2.29. The Morgan fingerprint density at radius 1 is 1.48 bits per heavy atom. The number of H-pyrrole nitrogens is 1. The summed E-state index contributed by atoms with van der Waals surface area (Å²) in [5, 5.41) is 0.656. The molecule has 1 N–H and O–H groups in total. The van der Waals surface area contributed by atoms with Gasteiger partial charge in [0.1, 0.15) is 17.3 Å². The number of rotatable bonds is 6. The van der Waals surface area contributed by atoms with Crippen molar-refractivity contribution < 1.29 is 13.9 Å². The molecule has 0 bridgehead atoms. The van der Waals surface area contributed by atoms with Gasteiger partial charge in [-0.3, -0.25) is 4.79 Å². The first-order valence-corrected chi connectivity index (χ1v) is 9.03. The lowest BCUT2D eigenvalue weighted by Crippen LogP contribution is -2.15. The van der Waals surface area contributed by atoms with E-state index in [9.17, 15) is 9.59 Å². The number of thiophene rings is 1. The van der Waals surface area contributed by atoms with E-state index in [4.69, 9.17) is 9.15 Å². The number of nitrogens with one attached hydrogen (secondary N) is 1. The maximum atomic E-state index is 12.5. The summed E-state index contributed by atoms with van der Waals surface area (Å²) in [5.74, 6) is 0.359. The largest absolute Gasteiger partial charge is 0.457 e. The summed E-state index contributed by atoms with van der Waals surface area (Å²) in [6.45, 7) is 6.22. The number of aryl methyl sites for hydroxylation is 1. The van der Waals surface area contributed by atoms with E-state index < -0.39 is 5.97 Å². The quantitative estimate of drug-likeness (QED) is 0.675. The molecule has 0 amide bonds. The van der Waals surface area contributed by atoms with Crippen molar-refractivity contribution in [3.8, 4) is 0 Å². The molecule has 0 radical (unpaired) electrons. The van der Waals surface area contributed by atoms with Crippen LogP contribution in [0.2, 0.25) is 0 Å². The first kappa shape index (κ1) is 17.4. The molecule has 3 aromatic rings. The molecule has 0 aliphatic carbocycles. The second-order valence-corrected chi connectivity index (χ2v) is 7.30. The van der Waals surface area contributed by atoms with Gasteiger partial charge in [0.25, 0.3) is 5.56 Å². The smallest absolute Gasteiger partial charge is 0.374 e. The van der Waals surface area contributed by atoms with Gasteiger partial charge in [0.05, 0.1) is 11.6 Å². The number of hydrogen-bond acceptors (Lipinski definition) is 6. The maximum absolute atomic E-state index is 12.5. The van der Waals surface area contributed by atoms with Crippen molar-refractivity contribution in [1.82, 2.24) is 9.97 Å². The molecule has 0 saturated heterocycles. The number of hydrogen-bond donors (Lipinski definition) is 1. The molecule has 0 saturated carbocycles. The molecular formula is C18H20N2O4S. The zero-order valence-electron chi connectivity index (χ0n) is 14.4. The number of esters is 1. The van der Waals surface area contributed by atoms with Crippen molar-refractivity contribution in [1.29, 1.82) is 0 Å². The summed E-state index contributed by atoms with van der Waals surface area (Å²) in [7, 11) is 0. The van der Waals surface area contributed by atoms with Crippen LogP contribution in [0.1, 0.15) is 47.1 Å². The van der Waals surface area contributed by atoms with Crippen LogP contribution in [-0.4, -0.2) is 15.9 Å². The normalized spacial score (nSPS) is 12.4. The van der Waals surface area contributed by atoms with Crippen LogP contribution in [0.25, 0.3) is 10.2 Å². The third-order valence-electron chi connectivity index (χ3n) is 4.22. The standard InChI is InChI=1S/C18H20N2O4S/c1-4-10(2)8-12-11(3)25-17-15(12)16(21)19-14(20-17)9-24-18(22)13-6-5-7-23-13/h5-7,10H,4,8-9H2,1-3H3,(H,19,20,21)/t10-/m1/s1. The molecule has 0 aliphatic heterocycles. The predicted molar refractivity (Wildman–Crippen MR) is 96.0 cm³/mol. The van der Waals surface area contributed by atoms with Crippen molar-refractivity contribution in [3.05, 3.63) is 50.8 Å². The molecule has 1 atom stereocenters. The maximum Gasteiger partial charge on any atom is 0.374 e. The number of ether oxygens (including phenoxy) is 1. The number of carbonyl (C=O) groups is 1. The Kier molecular flexibility index (Phi) is 5.03. The Labute approximate surface area is 148 Å². The van der Waals surface area contributed by atoms with Crippen LogP contribution in [0.3, 0.4) is 0 Å². The average Bonchev–Trinajstić information content (AvgIpc) is 3.21. The molecule has 3 heterocycles. The van der Waals surface area contributed by atoms with Gasteiger partial charge in [-0.1, -0.05) is 20.3 Å². The molecule has 0 spiro atoms. The van der Waals surface area contributed by atoms with Crippen LogP contribution in [0, 0.1) is 12.8 Å². The molecule has 132 valence electrons. The first-order chi connectivity index (χ1) is 12.0. The monoisotopic (exact) mass is 360 g/mol. The van der Waals surface area contributed by atoms with Crippen molar-refractivity contribution in [2.75, 3.05) is 0 Å². The molecule has 0 aromatic carbocycles. The molecule has 3 aromatic heterocycles. The van der Waals surface area contributed by atoms with Crippen LogP contribution in [0.4, 0.5) is 0 Å². The van der Waals surface area contributed by atoms with Crippen LogP contribution >= 0.6 is 11.3 Å². The molecule has 7 heteroatoms. The minimum Gasteiger partial charge on any atom is -0.457 e. The van der Waals surface area contributed by atoms with Gasteiger partial charge in [0, 0.05) is 4.88 Å². The minimum atomic E-state index is -0.590. The fraction of sp³-hybridized carbons (Fsp3) is 0.389. The number of aromatic amines is 1. The zero-order valence-corrected chi connectivity index (χ0v) is 15.2. The molecular weight excluding hydrogens is 340 g/mol. The number of fused-ring (bicyclic) bond motifs is 1. The van der Waals surface area contributed by atoms with Crippen LogP contribution in [-0.2, 0) is 17.8 Å². The lowest BCUT2D eigenvalue weighted by Gasteiger charge is -2.08. The van der Waals surface area contributed by atoms with Crippen molar-refractivity contribution in [3.63, 3.8) is 0 Å². The Morgan fingerprint density at radius 2 is 2.28 bits per heavy atom. The van der Waals surface area contributed by atoms with Gasteiger partial charge in [0.15, 0.2) is 0 Å². The number of furan rings is 1. The van der Waals surface area contributed by atoms with E-state index in [2.05, 4.69) is 23.8 Å². The average molecular weight is 360 g/mol. The van der Waals surface area contributed by atoms with Crippen LogP contribution < -0.4 is 5.56 Å². The third kappa shape index (κ3) is 3.66. The summed E-state index contributed by atoms with van der Waals surface area (Å²) in [6, 6.07) is 3.13. The molecule has 3 rings (SSSR count).